The highest BCUT2D eigenvalue weighted by atomic mass is 16.5. The molecule has 0 spiro atoms. The fraction of sp³-hybridized carbons (Fsp3) is 0.571. The lowest BCUT2D eigenvalue weighted by Gasteiger charge is -2.12. The molecule has 1 fully saturated rings. The van der Waals surface area contributed by atoms with Crippen molar-refractivity contribution in [1.82, 2.24) is 0 Å². The molecule has 1 saturated carbocycles. The van der Waals surface area contributed by atoms with Gasteiger partial charge in [0.1, 0.15) is 5.75 Å². The van der Waals surface area contributed by atoms with Gasteiger partial charge in [0, 0.05) is 0 Å². The molecule has 2 N–H and O–H groups in total. The van der Waals surface area contributed by atoms with Crippen LogP contribution in [0.4, 0.5) is 0 Å². The van der Waals surface area contributed by atoms with Crippen molar-refractivity contribution in [1.29, 1.82) is 0 Å². The Morgan fingerprint density at radius 1 is 1.31 bits per heavy atom. The van der Waals surface area contributed by atoms with E-state index in [1.807, 2.05) is 0 Å². The van der Waals surface area contributed by atoms with Crippen LogP contribution < -0.4 is 10.5 Å². The average Bonchev–Trinajstić information content (AvgIpc) is 3.11. The third kappa shape index (κ3) is 1.71. The van der Waals surface area contributed by atoms with E-state index >= 15 is 0 Å². The summed E-state index contributed by atoms with van der Waals surface area (Å²) in [5.74, 6) is 2.55. The molecule has 2 unspecified atom stereocenters. The van der Waals surface area contributed by atoms with E-state index in [0.29, 0.717) is 5.92 Å². The first-order chi connectivity index (χ1) is 7.90. The van der Waals surface area contributed by atoms with E-state index in [1.54, 1.807) is 0 Å². The van der Waals surface area contributed by atoms with Crippen LogP contribution in [0.25, 0.3) is 0 Å². The van der Waals surface area contributed by atoms with Crippen LogP contribution in [0, 0.1) is 5.92 Å². The predicted octanol–water partition coefficient (Wildman–Crippen LogP) is 2.46. The van der Waals surface area contributed by atoms with Crippen molar-refractivity contribution >= 4 is 0 Å². The summed E-state index contributed by atoms with van der Waals surface area (Å²) in [6, 6.07) is 6.52. The number of hydrogen-bond acceptors (Lipinski definition) is 2. The molecule has 1 aliphatic heterocycles. The van der Waals surface area contributed by atoms with Crippen LogP contribution in [0.5, 0.6) is 5.75 Å². The zero-order chi connectivity index (χ0) is 11.0. The zero-order valence-electron chi connectivity index (χ0n) is 9.61. The van der Waals surface area contributed by atoms with Gasteiger partial charge in [0.2, 0.25) is 0 Å². The van der Waals surface area contributed by atoms with Crippen LogP contribution in [-0.2, 0) is 6.42 Å². The lowest BCUT2D eigenvalue weighted by molar-refractivity contribution is 0.316. The van der Waals surface area contributed by atoms with Gasteiger partial charge in [-0.25, -0.2) is 0 Å². The van der Waals surface area contributed by atoms with E-state index in [9.17, 15) is 0 Å². The number of fused-ring (bicyclic) bond motifs is 1. The maximum atomic E-state index is 5.80. The molecule has 0 aromatic heterocycles. The summed E-state index contributed by atoms with van der Waals surface area (Å²) in [5.41, 5.74) is 8.71. The second-order valence-corrected chi connectivity index (χ2v) is 4.97. The Kier molecular flexibility index (Phi) is 2.60. The van der Waals surface area contributed by atoms with Crippen molar-refractivity contribution < 1.29 is 4.74 Å². The average molecular weight is 217 g/mol. The highest BCUT2D eigenvalue weighted by Crippen LogP contribution is 2.49. The minimum Gasteiger partial charge on any atom is -0.493 e. The largest absolute Gasteiger partial charge is 0.493 e. The molecule has 0 bridgehead atoms. The standard InChI is InChI=1S/C14H19NO/c15-9-10-8-13(10)11-5-3-6-14-12(11)4-1-2-7-16-14/h3,5-6,10,13H,1-2,4,7-9,15H2. The van der Waals surface area contributed by atoms with Gasteiger partial charge in [0.25, 0.3) is 0 Å². The molecule has 2 aliphatic rings. The first-order valence-electron chi connectivity index (χ1n) is 6.35. The molecule has 2 nitrogen and oxygen atoms in total. The molecule has 2 heteroatoms. The second kappa shape index (κ2) is 4.10. The fourth-order valence-electron chi connectivity index (χ4n) is 2.81. The maximum Gasteiger partial charge on any atom is 0.122 e. The SMILES string of the molecule is NCC1CC1c1cccc2c1CCCCO2. The molecule has 1 aromatic rings. The Morgan fingerprint density at radius 3 is 3.06 bits per heavy atom. The van der Waals surface area contributed by atoms with Crippen molar-refractivity contribution in [2.75, 3.05) is 13.2 Å². The Balaban J connectivity index is 1.93. The van der Waals surface area contributed by atoms with Gasteiger partial charge >= 0.3 is 0 Å². The van der Waals surface area contributed by atoms with Crippen molar-refractivity contribution in [2.45, 2.75) is 31.6 Å². The van der Waals surface area contributed by atoms with E-state index < -0.39 is 0 Å². The van der Waals surface area contributed by atoms with Gasteiger partial charge in [0.05, 0.1) is 6.61 Å². The molecular weight excluding hydrogens is 198 g/mol. The molecule has 1 aromatic carbocycles. The van der Waals surface area contributed by atoms with Crippen molar-refractivity contribution in [3.05, 3.63) is 29.3 Å². The lowest BCUT2D eigenvalue weighted by atomic mass is 9.97. The first-order valence-corrected chi connectivity index (χ1v) is 6.35. The molecule has 1 aliphatic carbocycles. The van der Waals surface area contributed by atoms with Crippen LogP contribution in [0.3, 0.4) is 0 Å². The molecule has 0 amide bonds. The summed E-state index contributed by atoms with van der Waals surface area (Å²) in [5, 5.41) is 0. The molecule has 86 valence electrons. The molecule has 2 atom stereocenters. The van der Waals surface area contributed by atoms with Gasteiger partial charge in [-0.15, -0.1) is 0 Å². The number of ether oxygens (including phenoxy) is 1. The smallest absolute Gasteiger partial charge is 0.122 e. The van der Waals surface area contributed by atoms with Crippen LogP contribution in [0.15, 0.2) is 18.2 Å². The van der Waals surface area contributed by atoms with Gasteiger partial charge in [0.15, 0.2) is 0 Å². The Morgan fingerprint density at radius 2 is 2.25 bits per heavy atom. The van der Waals surface area contributed by atoms with Gasteiger partial charge in [-0.3, -0.25) is 0 Å². The molecule has 0 saturated heterocycles. The van der Waals surface area contributed by atoms with E-state index in [-0.39, 0.29) is 0 Å². The second-order valence-electron chi connectivity index (χ2n) is 4.97. The monoisotopic (exact) mass is 217 g/mol. The summed E-state index contributed by atoms with van der Waals surface area (Å²) < 4.78 is 5.80. The Labute approximate surface area is 96.8 Å². The van der Waals surface area contributed by atoms with Crippen LogP contribution in [0.1, 0.15) is 36.3 Å². The third-order valence-corrected chi connectivity index (χ3v) is 3.87. The van der Waals surface area contributed by atoms with E-state index in [4.69, 9.17) is 10.5 Å². The summed E-state index contributed by atoms with van der Waals surface area (Å²) >= 11 is 0. The van der Waals surface area contributed by atoms with Gasteiger partial charge in [-0.2, -0.15) is 0 Å². The van der Waals surface area contributed by atoms with Crippen molar-refractivity contribution in [3.63, 3.8) is 0 Å². The Hall–Kier alpha value is -1.02. The summed E-state index contributed by atoms with van der Waals surface area (Å²) in [6.07, 6.45) is 4.88. The van der Waals surface area contributed by atoms with Crippen LogP contribution in [-0.4, -0.2) is 13.2 Å². The molecular formula is C14H19NO. The molecule has 3 rings (SSSR count). The Bertz CT molecular complexity index is 388. The van der Waals surface area contributed by atoms with E-state index in [2.05, 4.69) is 18.2 Å². The quantitative estimate of drug-likeness (QED) is 0.826. The van der Waals surface area contributed by atoms with Gasteiger partial charge in [-0.05, 0) is 61.3 Å². The minimum absolute atomic E-state index is 0.710. The topological polar surface area (TPSA) is 35.2 Å². The highest BCUT2D eigenvalue weighted by molar-refractivity contribution is 5.44. The third-order valence-electron chi connectivity index (χ3n) is 3.87. The van der Waals surface area contributed by atoms with Gasteiger partial charge < -0.3 is 10.5 Å². The molecule has 0 radical (unpaired) electrons. The lowest BCUT2D eigenvalue weighted by Crippen LogP contribution is -2.03. The number of nitrogens with two attached hydrogens (primary N) is 1. The zero-order valence-corrected chi connectivity index (χ0v) is 9.61. The fourth-order valence-corrected chi connectivity index (χ4v) is 2.81. The minimum atomic E-state index is 0.710. The summed E-state index contributed by atoms with van der Waals surface area (Å²) in [7, 11) is 0. The maximum absolute atomic E-state index is 5.80. The van der Waals surface area contributed by atoms with Gasteiger partial charge in [-0.1, -0.05) is 12.1 Å². The van der Waals surface area contributed by atoms with Crippen LogP contribution >= 0.6 is 0 Å². The van der Waals surface area contributed by atoms with Crippen molar-refractivity contribution in [2.24, 2.45) is 11.7 Å². The molecule has 16 heavy (non-hydrogen) atoms. The highest BCUT2D eigenvalue weighted by Gasteiger charge is 2.38. The van der Waals surface area contributed by atoms with E-state index in [0.717, 1.165) is 24.8 Å². The summed E-state index contributed by atoms with van der Waals surface area (Å²) in [6.45, 7) is 1.70. The first kappa shape index (κ1) is 10.2. The molecule has 1 heterocycles. The van der Waals surface area contributed by atoms with Crippen molar-refractivity contribution in [3.8, 4) is 5.75 Å². The van der Waals surface area contributed by atoms with E-state index in [1.165, 1.54) is 36.8 Å². The normalized spacial score (nSPS) is 27.8. The number of rotatable bonds is 2. The summed E-state index contributed by atoms with van der Waals surface area (Å²) in [4.78, 5) is 0. The number of hydrogen-bond donors (Lipinski definition) is 1. The number of benzene rings is 1. The van der Waals surface area contributed by atoms with Crippen LogP contribution in [0.2, 0.25) is 0 Å². The predicted molar refractivity (Wildman–Crippen MR) is 64.8 cm³/mol.